The van der Waals surface area contributed by atoms with Gasteiger partial charge in [0.1, 0.15) is 5.01 Å². The van der Waals surface area contributed by atoms with Gasteiger partial charge < -0.3 is 0 Å². The van der Waals surface area contributed by atoms with Gasteiger partial charge in [0.15, 0.2) is 0 Å². The third-order valence-corrected chi connectivity index (χ3v) is 6.40. The highest BCUT2D eigenvalue weighted by Crippen LogP contribution is 2.26. The molecule has 0 unspecified atom stereocenters. The molecular weight excluding hydrogens is 420 g/mol. The van der Waals surface area contributed by atoms with Crippen molar-refractivity contribution in [2.24, 2.45) is 0 Å². The second-order valence-electron chi connectivity index (χ2n) is 6.23. The quantitative estimate of drug-likeness (QED) is 0.470. The van der Waals surface area contributed by atoms with Crippen LogP contribution in [0.3, 0.4) is 0 Å². The standard InChI is InChI=1S/C21H16N4O3S2/c26-19(22-21-24-23-20(29-21)16-7-3-1-4-8-16)15-11-13-18(14-12-15)30(27,28)25-17-9-5-2-6-10-17/h1-14,25H,(H,22,24,26). The van der Waals surface area contributed by atoms with Gasteiger partial charge in [0.2, 0.25) is 5.13 Å². The van der Waals surface area contributed by atoms with Crippen molar-refractivity contribution in [3.63, 3.8) is 0 Å². The molecule has 0 atom stereocenters. The monoisotopic (exact) mass is 436 g/mol. The van der Waals surface area contributed by atoms with Crippen LogP contribution in [0, 0.1) is 0 Å². The van der Waals surface area contributed by atoms with Gasteiger partial charge in [0.05, 0.1) is 4.90 Å². The molecule has 0 aliphatic heterocycles. The summed E-state index contributed by atoms with van der Waals surface area (Å²) in [6.07, 6.45) is 0. The molecular formula is C21H16N4O3S2. The highest BCUT2D eigenvalue weighted by molar-refractivity contribution is 7.92. The van der Waals surface area contributed by atoms with E-state index in [0.29, 0.717) is 21.4 Å². The summed E-state index contributed by atoms with van der Waals surface area (Å²) in [6, 6.07) is 23.8. The molecule has 4 rings (SSSR count). The van der Waals surface area contributed by atoms with Crippen molar-refractivity contribution < 1.29 is 13.2 Å². The zero-order chi connectivity index (χ0) is 21.0. The summed E-state index contributed by atoms with van der Waals surface area (Å²) in [4.78, 5) is 12.5. The molecule has 9 heteroatoms. The predicted octanol–water partition coefficient (Wildman–Crippen LogP) is 4.26. The lowest BCUT2D eigenvalue weighted by Gasteiger charge is -2.08. The van der Waals surface area contributed by atoms with Gasteiger partial charge in [-0.1, -0.05) is 59.9 Å². The SMILES string of the molecule is O=C(Nc1nnc(-c2ccccc2)s1)c1ccc(S(=O)(=O)Nc2ccccc2)cc1. The number of anilines is 2. The van der Waals surface area contributed by atoms with Crippen LogP contribution < -0.4 is 10.0 Å². The number of para-hydroxylation sites is 1. The van der Waals surface area contributed by atoms with Crippen LogP contribution in [0.25, 0.3) is 10.6 Å². The number of amides is 1. The van der Waals surface area contributed by atoms with Crippen molar-refractivity contribution in [3.05, 3.63) is 90.5 Å². The first kappa shape index (κ1) is 19.7. The molecule has 0 radical (unpaired) electrons. The van der Waals surface area contributed by atoms with E-state index in [9.17, 15) is 13.2 Å². The molecule has 2 N–H and O–H groups in total. The van der Waals surface area contributed by atoms with E-state index >= 15 is 0 Å². The number of carbonyl (C=O) groups excluding carboxylic acids is 1. The second-order valence-corrected chi connectivity index (χ2v) is 8.89. The van der Waals surface area contributed by atoms with Gasteiger partial charge in [-0.2, -0.15) is 0 Å². The lowest BCUT2D eigenvalue weighted by molar-refractivity contribution is 0.102. The lowest BCUT2D eigenvalue weighted by Crippen LogP contribution is -2.14. The van der Waals surface area contributed by atoms with E-state index in [0.717, 1.165) is 5.56 Å². The van der Waals surface area contributed by atoms with Crippen molar-refractivity contribution in [2.75, 3.05) is 10.0 Å². The summed E-state index contributed by atoms with van der Waals surface area (Å²) in [5, 5.41) is 11.8. The molecule has 0 fully saturated rings. The smallest absolute Gasteiger partial charge is 0.261 e. The van der Waals surface area contributed by atoms with Crippen LogP contribution in [-0.4, -0.2) is 24.5 Å². The molecule has 0 saturated heterocycles. The molecule has 4 aromatic rings. The fraction of sp³-hybridized carbons (Fsp3) is 0. The van der Waals surface area contributed by atoms with Gasteiger partial charge in [0, 0.05) is 16.8 Å². The predicted molar refractivity (Wildman–Crippen MR) is 117 cm³/mol. The van der Waals surface area contributed by atoms with Crippen LogP contribution in [-0.2, 0) is 10.0 Å². The fourth-order valence-electron chi connectivity index (χ4n) is 2.65. The van der Waals surface area contributed by atoms with Crippen molar-refractivity contribution >= 4 is 38.1 Å². The lowest BCUT2D eigenvalue weighted by atomic mass is 10.2. The van der Waals surface area contributed by atoms with Crippen LogP contribution in [0.15, 0.2) is 89.8 Å². The Morgan fingerprint density at radius 2 is 1.43 bits per heavy atom. The number of hydrogen-bond donors (Lipinski definition) is 2. The van der Waals surface area contributed by atoms with E-state index in [4.69, 9.17) is 0 Å². The number of benzene rings is 3. The maximum Gasteiger partial charge on any atom is 0.261 e. The molecule has 1 aromatic heterocycles. The van der Waals surface area contributed by atoms with E-state index in [1.807, 2.05) is 30.3 Å². The van der Waals surface area contributed by atoms with Crippen LogP contribution in [0.1, 0.15) is 10.4 Å². The maximum atomic E-state index is 12.5. The summed E-state index contributed by atoms with van der Waals surface area (Å²) < 4.78 is 27.5. The Bertz CT molecular complexity index is 1260. The maximum absolute atomic E-state index is 12.5. The number of rotatable bonds is 6. The van der Waals surface area contributed by atoms with Crippen molar-refractivity contribution in [2.45, 2.75) is 4.90 Å². The molecule has 0 bridgehead atoms. The first-order chi connectivity index (χ1) is 14.5. The highest BCUT2D eigenvalue weighted by Gasteiger charge is 2.16. The Hall–Kier alpha value is -3.56. The third-order valence-electron chi connectivity index (χ3n) is 4.12. The number of nitrogens with one attached hydrogen (secondary N) is 2. The van der Waals surface area contributed by atoms with Crippen molar-refractivity contribution in [1.82, 2.24) is 10.2 Å². The fourth-order valence-corrected chi connectivity index (χ4v) is 4.45. The zero-order valence-electron chi connectivity index (χ0n) is 15.5. The van der Waals surface area contributed by atoms with E-state index in [1.165, 1.54) is 35.6 Å². The average molecular weight is 437 g/mol. The summed E-state index contributed by atoms with van der Waals surface area (Å²) in [5.74, 6) is -0.397. The van der Waals surface area contributed by atoms with Gasteiger partial charge in [0.25, 0.3) is 15.9 Å². The normalized spacial score (nSPS) is 11.1. The number of hydrogen-bond acceptors (Lipinski definition) is 6. The average Bonchev–Trinajstić information content (AvgIpc) is 3.23. The molecule has 0 saturated carbocycles. The summed E-state index contributed by atoms with van der Waals surface area (Å²) in [7, 11) is -3.74. The molecule has 3 aromatic carbocycles. The molecule has 0 spiro atoms. The Kier molecular flexibility index (Phi) is 5.55. The topological polar surface area (TPSA) is 101 Å². The largest absolute Gasteiger partial charge is 0.296 e. The minimum Gasteiger partial charge on any atom is -0.296 e. The molecule has 0 aliphatic carbocycles. The highest BCUT2D eigenvalue weighted by atomic mass is 32.2. The molecule has 30 heavy (non-hydrogen) atoms. The summed E-state index contributed by atoms with van der Waals surface area (Å²) in [6.45, 7) is 0. The molecule has 7 nitrogen and oxygen atoms in total. The Morgan fingerprint density at radius 3 is 2.10 bits per heavy atom. The van der Waals surface area contributed by atoms with Gasteiger partial charge in [-0.25, -0.2) is 8.42 Å². The van der Waals surface area contributed by atoms with E-state index < -0.39 is 15.9 Å². The Labute approximate surface area is 177 Å². The van der Waals surface area contributed by atoms with Crippen LogP contribution in [0.2, 0.25) is 0 Å². The number of aromatic nitrogens is 2. The van der Waals surface area contributed by atoms with Crippen LogP contribution in [0.5, 0.6) is 0 Å². The Balaban J connectivity index is 1.45. The van der Waals surface area contributed by atoms with Gasteiger partial charge in [-0.05, 0) is 36.4 Å². The van der Waals surface area contributed by atoms with E-state index in [-0.39, 0.29) is 4.90 Å². The van der Waals surface area contributed by atoms with Gasteiger partial charge in [-0.15, -0.1) is 10.2 Å². The molecule has 0 aliphatic rings. The van der Waals surface area contributed by atoms with E-state index in [2.05, 4.69) is 20.2 Å². The van der Waals surface area contributed by atoms with Crippen LogP contribution >= 0.6 is 11.3 Å². The Morgan fingerprint density at radius 1 is 0.800 bits per heavy atom. The third kappa shape index (κ3) is 4.53. The minimum absolute atomic E-state index is 0.0604. The first-order valence-corrected chi connectivity index (χ1v) is 11.2. The van der Waals surface area contributed by atoms with Crippen molar-refractivity contribution in [1.29, 1.82) is 0 Å². The molecule has 1 heterocycles. The van der Waals surface area contributed by atoms with Gasteiger partial charge >= 0.3 is 0 Å². The molecule has 1 amide bonds. The summed E-state index contributed by atoms with van der Waals surface area (Å²) in [5.41, 5.74) is 1.69. The van der Waals surface area contributed by atoms with Gasteiger partial charge in [-0.3, -0.25) is 14.8 Å². The number of carbonyl (C=O) groups is 1. The van der Waals surface area contributed by atoms with E-state index in [1.54, 1.807) is 30.3 Å². The van der Waals surface area contributed by atoms with Crippen LogP contribution in [0.4, 0.5) is 10.8 Å². The first-order valence-electron chi connectivity index (χ1n) is 8.89. The van der Waals surface area contributed by atoms with Crippen molar-refractivity contribution in [3.8, 4) is 10.6 Å². The zero-order valence-corrected chi connectivity index (χ0v) is 17.2. The minimum atomic E-state index is -3.74. The molecule has 150 valence electrons. The summed E-state index contributed by atoms with van der Waals surface area (Å²) >= 11 is 1.26. The second kappa shape index (κ2) is 8.44. The number of nitrogens with zero attached hydrogens (tertiary/aromatic N) is 2. The number of sulfonamides is 1.